The Labute approximate surface area is 95.2 Å². The van der Waals surface area contributed by atoms with Gasteiger partial charge in [-0.2, -0.15) is 0 Å². The van der Waals surface area contributed by atoms with Crippen molar-refractivity contribution in [2.75, 3.05) is 12.3 Å². The van der Waals surface area contributed by atoms with Gasteiger partial charge in [0.25, 0.3) is 0 Å². The molecule has 1 aromatic rings. The molecule has 84 valence electrons. The average molecular weight is 216 g/mol. The molecule has 16 heavy (non-hydrogen) atoms. The van der Waals surface area contributed by atoms with Crippen molar-refractivity contribution in [1.82, 2.24) is 4.90 Å². The minimum Gasteiger partial charge on any atom is -0.398 e. The molecule has 1 saturated carbocycles. The van der Waals surface area contributed by atoms with Crippen LogP contribution >= 0.6 is 0 Å². The smallest absolute Gasteiger partial charge is 0.225 e. The molecule has 3 nitrogen and oxygen atoms in total. The highest BCUT2D eigenvalue weighted by atomic mass is 16.2. The van der Waals surface area contributed by atoms with E-state index in [9.17, 15) is 4.79 Å². The van der Waals surface area contributed by atoms with E-state index < -0.39 is 0 Å². The minimum absolute atomic E-state index is 0.322. The molecule has 1 fully saturated rings. The van der Waals surface area contributed by atoms with E-state index in [2.05, 4.69) is 6.07 Å². The summed E-state index contributed by atoms with van der Waals surface area (Å²) >= 11 is 0. The van der Waals surface area contributed by atoms with Crippen molar-refractivity contribution in [2.45, 2.75) is 25.8 Å². The molecule has 1 amide bonds. The van der Waals surface area contributed by atoms with E-state index in [0.29, 0.717) is 11.8 Å². The average Bonchev–Trinajstić information content (AvgIpc) is 3.12. The lowest BCUT2D eigenvalue weighted by Gasteiger charge is -2.29. The van der Waals surface area contributed by atoms with Gasteiger partial charge in [-0.3, -0.25) is 4.79 Å². The zero-order valence-corrected chi connectivity index (χ0v) is 9.28. The van der Waals surface area contributed by atoms with Gasteiger partial charge in [-0.25, -0.2) is 0 Å². The van der Waals surface area contributed by atoms with E-state index in [1.54, 1.807) is 0 Å². The second-order valence-electron chi connectivity index (χ2n) is 4.77. The van der Waals surface area contributed by atoms with Crippen LogP contribution in [0.1, 0.15) is 24.0 Å². The molecule has 2 N–H and O–H groups in total. The number of carbonyl (C=O) groups excluding carboxylic acids is 1. The fraction of sp³-hybridized carbons (Fsp3) is 0.462. The van der Waals surface area contributed by atoms with Crippen molar-refractivity contribution in [3.05, 3.63) is 29.3 Å². The number of hydrogen-bond donors (Lipinski definition) is 1. The molecule has 0 aromatic heterocycles. The molecule has 0 atom stereocenters. The fourth-order valence-electron chi connectivity index (χ4n) is 2.42. The van der Waals surface area contributed by atoms with Crippen LogP contribution in [0.4, 0.5) is 5.69 Å². The zero-order chi connectivity index (χ0) is 11.1. The van der Waals surface area contributed by atoms with Gasteiger partial charge in [0.05, 0.1) is 0 Å². The van der Waals surface area contributed by atoms with Crippen molar-refractivity contribution < 1.29 is 4.79 Å². The Morgan fingerprint density at radius 3 is 2.94 bits per heavy atom. The topological polar surface area (TPSA) is 46.3 Å². The predicted molar refractivity (Wildman–Crippen MR) is 62.7 cm³/mol. The van der Waals surface area contributed by atoms with Crippen LogP contribution in [0.15, 0.2) is 18.2 Å². The Morgan fingerprint density at radius 1 is 1.38 bits per heavy atom. The van der Waals surface area contributed by atoms with Gasteiger partial charge in [-0.05, 0) is 36.5 Å². The molecule has 0 unspecified atom stereocenters. The number of rotatable bonds is 1. The summed E-state index contributed by atoms with van der Waals surface area (Å²) in [5, 5.41) is 0. The molecule has 1 aliphatic heterocycles. The molecule has 3 heteroatoms. The second kappa shape index (κ2) is 3.51. The number of amides is 1. The molecular weight excluding hydrogens is 200 g/mol. The molecule has 0 spiro atoms. The van der Waals surface area contributed by atoms with E-state index in [-0.39, 0.29) is 0 Å². The number of carbonyl (C=O) groups is 1. The predicted octanol–water partition coefficient (Wildman–Crippen LogP) is 1.56. The fourth-order valence-corrected chi connectivity index (χ4v) is 2.42. The first kappa shape index (κ1) is 9.70. The van der Waals surface area contributed by atoms with Crippen LogP contribution in [0.3, 0.4) is 0 Å². The third-order valence-corrected chi connectivity index (χ3v) is 3.54. The Bertz CT molecular complexity index is 438. The van der Waals surface area contributed by atoms with Crippen molar-refractivity contribution in [3.8, 4) is 0 Å². The van der Waals surface area contributed by atoms with Crippen LogP contribution in [-0.2, 0) is 17.8 Å². The zero-order valence-electron chi connectivity index (χ0n) is 9.28. The minimum atomic E-state index is 0.322. The van der Waals surface area contributed by atoms with Gasteiger partial charge in [0.2, 0.25) is 5.91 Å². The molecule has 3 rings (SSSR count). The number of anilines is 1. The molecule has 2 aliphatic rings. The van der Waals surface area contributed by atoms with Gasteiger partial charge in [0.1, 0.15) is 0 Å². The number of benzene rings is 1. The highest BCUT2D eigenvalue weighted by molar-refractivity contribution is 5.81. The van der Waals surface area contributed by atoms with E-state index in [4.69, 9.17) is 5.73 Å². The number of nitrogen functional groups attached to an aromatic ring is 1. The van der Waals surface area contributed by atoms with Crippen LogP contribution in [0.25, 0.3) is 0 Å². The first-order valence-corrected chi connectivity index (χ1v) is 5.91. The van der Waals surface area contributed by atoms with Gasteiger partial charge in [-0.15, -0.1) is 0 Å². The molecule has 1 aliphatic carbocycles. The lowest BCUT2D eigenvalue weighted by molar-refractivity contribution is -0.133. The van der Waals surface area contributed by atoms with E-state index in [1.807, 2.05) is 17.0 Å². The summed E-state index contributed by atoms with van der Waals surface area (Å²) in [5.41, 5.74) is 9.26. The SMILES string of the molecule is Nc1cccc2c1CCN(C(=O)C1CC1)C2. The molecule has 0 radical (unpaired) electrons. The lowest BCUT2D eigenvalue weighted by Crippen LogP contribution is -2.37. The first-order chi connectivity index (χ1) is 7.75. The van der Waals surface area contributed by atoms with Crippen LogP contribution in [-0.4, -0.2) is 17.4 Å². The van der Waals surface area contributed by atoms with Crippen molar-refractivity contribution in [2.24, 2.45) is 5.92 Å². The number of fused-ring (bicyclic) bond motifs is 1. The number of hydrogen-bond acceptors (Lipinski definition) is 2. The first-order valence-electron chi connectivity index (χ1n) is 5.91. The highest BCUT2D eigenvalue weighted by Gasteiger charge is 2.34. The largest absolute Gasteiger partial charge is 0.398 e. The van der Waals surface area contributed by atoms with Crippen molar-refractivity contribution in [1.29, 1.82) is 0 Å². The summed E-state index contributed by atoms with van der Waals surface area (Å²) in [6.45, 7) is 1.58. The summed E-state index contributed by atoms with van der Waals surface area (Å²) in [6.07, 6.45) is 3.07. The molecule has 0 bridgehead atoms. The molecule has 1 heterocycles. The summed E-state index contributed by atoms with van der Waals surface area (Å²) < 4.78 is 0. The molecular formula is C13H16N2O. The number of nitrogens with zero attached hydrogens (tertiary/aromatic N) is 1. The summed E-state index contributed by atoms with van der Waals surface area (Å²) in [6, 6.07) is 5.99. The van der Waals surface area contributed by atoms with Gasteiger partial charge in [0, 0.05) is 24.7 Å². The Kier molecular flexibility index (Phi) is 2.13. The van der Waals surface area contributed by atoms with Crippen LogP contribution in [0.5, 0.6) is 0 Å². The normalized spacial score (nSPS) is 19.4. The van der Waals surface area contributed by atoms with Gasteiger partial charge in [0.15, 0.2) is 0 Å². The quantitative estimate of drug-likeness (QED) is 0.724. The summed E-state index contributed by atoms with van der Waals surface area (Å²) in [5.74, 6) is 0.663. The third-order valence-electron chi connectivity index (χ3n) is 3.54. The standard InChI is InChI=1S/C13H16N2O/c14-12-3-1-2-10-8-15(7-6-11(10)12)13(16)9-4-5-9/h1-3,9H,4-8,14H2. The van der Waals surface area contributed by atoms with Gasteiger partial charge >= 0.3 is 0 Å². The van der Waals surface area contributed by atoms with Gasteiger partial charge in [-0.1, -0.05) is 12.1 Å². The lowest BCUT2D eigenvalue weighted by atomic mass is 9.98. The number of nitrogens with two attached hydrogens (primary N) is 1. The van der Waals surface area contributed by atoms with Crippen LogP contribution in [0, 0.1) is 5.92 Å². The second-order valence-corrected chi connectivity index (χ2v) is 4.77. The maximum Gasteiger partial charge on any atom is 0.225 e. The van der Waals surface area contributed by atoms with Crippen LogP contribution < -0.4 is 5.73 Å². The maximum absolute atomic E-state index is 11.9. The maximum atomic E-state index is 11.9. The monoisotopic (exact) mass is 216 g/mol. The summed E-state index contributed by atoms with van der Waals surface area (Å²) in [4.78, 5) is 13.9. The van der Waals surface area contributed by atoms with E-state index in [1.165, 1.54) is 11.1 Å². The van der Waals surface area contributed by atoms with Crippen molar-refractivity contribution >= 4 is 11.6 Å². The highest BCUT2D eigenvalue weighted by Crippen LogP contribution is 2.33. The summed E-state index contributed by atoms with van der Waals surface area (Å²) in [7, 11) is 0. The third kappa shape index (κ3) is 1.56. The Balaban J connectivity index is 1.83. The van der Waals surface area contributed by atoms with E-state index >= 15 is 0 Å². The molecule has 0 saturated heterocycles. The van der Waals surface area contributed by atoms with Gasteiger partial charge < -0.3 is 10.6 Å². The van der Waals surface area contributed by atoms with Crippen molar-refractivity contribution in [3.63, 3.8) is 0 Å². The Hall–Kier alpha value is -1.51. The molecule has 1 aromatic carbocycles. The van der Waals surface area contributed by atoms with E-state index in [0.717, 1.165) is 38.0 Å². The Morgan fingerprint density at radius 2 is 2.19 bits per heavy atom. The van der Waals surface area contributed by atoms with Crippen LogP contribution in [0.2, 0.25) is 0 Å².